The summed E-state index contributed by atoms with van der Waals surface area (Å²) in [5.41, 5.74) is 0.497. The second-order valence-electron chi connectivity index (χ2n) is 5.55. The first-order chi connectivity index (χ1) is 12.0. The topological polar surface area (TPSA) is 73.9 Å². The molecule has 1 heterocycles. The molecule has 0 aliphatic carbocycles. The number of urea groups is 1. The number of benzene rings is 1. The highest BCUT2D eigenvalue weighted by atomic mass is 19.3. The first-order valence-electron chi connectivity index (χ1n) is 8.07. The van der Waals surface area contributed by atoms with Crippen LogP contribution in [0.15, 0.2) is 24.3 Å². The summed E-state index contributed by atoms with van der Waals surface area (Å²) in [5.74, 6) is 0.0125. The number of alkyl halides is 2. The Labute approximate surface area is 144 Å². The molecule has 1 aliphatic heterocycles. The quantitative estimate of drug-likeness (QED) is 0.812. The standard InChI is InChI=1S/C16H22F2N4O3/c1-2-19-14(23)11-21-7-9-22(10-8-21)16(24)20-12-3-5-13(6-4-12)25-15(17)18/h3-6,15H,2,7-11H2,1H3,(H,19,23)(H,20,24). The minimum Gasteiger partial charge on any atom is -0.435 e. The third-order valence-electron chi connectivity index (χ3n) is 3.73. The molecule has 3 amide bonds. The summed E-state index contributed by atoms with van der Waals surface area (Å²) in [6, 6.07) is 5.47. The number of amides is 3. The lowest BCUT2D eigenvalue weighted by molar-refractivity contribution is -0.122. The number of ether oxygens (including phenoxy) is 1. The number of halogens is 2. The second kappa shape index (κ2) is 9.16. The second-order valence-corrected chi connectivity index (χ2v) is 5.55. The van der Waals surface area contributed by atoms with E-state index in [9.17, 15) is 18.4 Å². The first-order valence-corrected chi connectivity index (χ1v) is 8.07. The molecule has 0 atom stereocenters. The number of anilines is 1. The molecule has 1 aromatic rings. The number of likely N-dealkylation sites (N-methyl/N-ethyl adjacent to an activating group) is 1. The Morgan fingerprint density at radius 1 is 1.16 bits per heavy atom. The van der Waals surface area contributed by atoms with Gasteiger partial charge in [0.15, 0.2) is 0 Å². The number of hydrogen-bond acceptors (Lipinski definition) is 4. The molecule has 0 radical (unpaired) electrons. The first kappa shape index (κ1) is 18.9. The van der Waals surface area contributed by atoms with Gasteiger partial charge in [-0.1, -0.05) is 0 Å². The minimum atomic E-state index is -2.88. The predicted octanol–water partition coefficient (Wildman–Crippen LogP) is 1.57. The highest BCUT2D eigenvalue weighted by molar-refractivity contribution is 5.89. The minimum absolute atomic E-state index is 0.0218. The number of piperazine rings is 1. The molecule has 9 heteroatoms. The molecule has 0 saturated carbocycles. The van der Waals surface area contributed by atoms with Gasteiger partial charge in [0.1, 0.15) is 5.75 Å². The zero-order valence-electron chi connectivity index (χ0n) is 14.0. The average Bonchev–Trinajstić information content (AvgIpc) is 2.57. The van der Waals surface area contributed by atoms with Crippen molar-refractivity contribution in [1.82, 2.24) is 15.1 Å². The van der Waals surface area contributed by atoms with Crippen LogP contribution in [0, 0.1) is 0 Å². The lowest BCUT2D eigenvalue weighted by atomic mass is 10.3. The van der Waals surface area contributed by atoms with Crippen LogP contribution in [0.3, 0.4) is 0 Å². The molecule has 2 rings (SSSR count). The maximum absolute atomic E-state index is 12.2. The Bertz CT molecular complexity index is 575. The monoisotopic (exact) mass is 356 g/mol. The van der Waals surface area contributed by atoms with Gasteiger partial charge >= 0.3 is 12.6 Å². The largest absolute Gasteiger partial charge is 0.435 e. The van der Waals surface area contributed by atoms with Crippen molar-refractivity contribution in [1.29, 1.82) is 0 Å². The molecule has 0 bridgehead atoms. The molecule has 1 fully saturated rings. The molecule has 2 N–H and O–H groups in total. The van der Waals surface area contributed by atoms with Gasteiger partial charge in [-0.3, -0.25) is 9.69 Å². The van der Waals surface area contributed by atoms with E-state index in [1.54, 1.807) is 4.90 Å². The van der Waals surface area contributed by atoms with Gasteiger partial charge in [-0.25, -0.2) is 4.79 Å². The van der Waals surface area contributed by atoms with Crippen molar-refractivity contribution in [2.24, 2.45) is 0 Å². The van der Waals surface area contributed by atoms with E-state index in [-0.39, 0.29) is 17.7 Å². The highest BCUT2D eigenvalue weighted by Gasteiger charge is 2.22. The van der Waals surface area contributed by atoms with Crippen LogP contribution >= 0.6 is 0 Å². The summed E-state index contributed by atoms with van der Waals surface area (Å²) < 4.78 is 28.5. The van der Waals surface area contributed by atoms with Gasteiger partial charge in [0, 0.05) is 38.4 Å². The predicted molar refractivity (Wildman–Crippen MR) is 88.8 cm³/mol. The number of rotatable bonds is 6. The Morgan fingerprint density at radius 3 is 2.36 bits per heavy atom. The fourth-order valence-electron chi connectivity index (χ4n) is 2.49. The summed E-state index contributed by atoms with van der Waals surface area (Å²) >= 11 is 0. The SMILES string of the molecule is CCNC(=O)CN1CCN(C(=O)Nc2ccc(OC(F)F)cc2)CC1. The highest BCUT2D eigenvalue weighted by Crippen LogP contribution is 2.18. The maximum atomic E-state index is 12.2. The van der Waals surface area contributed by atoms with Crippen molar-refractivity contribution in [3.8, 4) is 5.75 Å². The third-order valence-corrected chi connectivity index (χ3v) is 3.73. The normalized spacial score (nSPS) is 15.1. The van der Waals surface area contributed by atoms with Crippen LogP contribution in [-0.2, 0) is 4.79 Å². The zero-order valence-corrected chi connectivity index (χ0v) is 14.0. The summed E-state index contributed by atoms with van der Waals surface area (Å²) in [4.78, 5) is 27.4. The van der Waals surface area contributed by atoms with Crippen LogP contribution < -0.4 is 15.4 Å². The summed E-state index contributed by atoms with van der Waals surface area (Å²) in [6.07, 6.45) is 0. The van der Waals surface area contributed by atoms with E-state index in [0.29, 0.717) is 45.0 Å². The van der Waals surface area contributed by atoms with Gasteiger partial charge < -0.3 is 20.3 Å². The average molecular weight is 356 g/mol. The van der Waals surface area contributed by atoms with Crippen LogP contribution in [0.2, 0.25) is 0 Å². The fraction of sp³-hybridized carbons (Fsp3) is 0.500. The van der Waals surface area contributed by atoms with Crippen molar-refractivity contribution in [2.75, 3.05) is 44.6 Å². The van der Waals surface area contributed by atoms with E-state index in [1.807, 2.05) is 11.8 Å². The molecule has 1 aliphatic rings. The molecular weight excluding hydrogens is 334 g/mol. The van der Waals surface area contributed by atoms with Gasteiger partial charge in [-0.2, -0.15) is 8.78 Å². The summed E-state index contributed by atoms with van der Waals surface area (Å²) in [7, 11) is 0. The molecular formula is C16H22F2N4O3. The van der Waals surface area contributed by atoms with Crippen LogP contribution in [0.4, 0.5) is 19.3 Å². The molecule has 0 spiro atoms. The van der Waals surface area contributed by atoms with E-state index < -0.39 is 6.61 Å². The van der Waals surface area contributed by atoms with Gasteiger partial charge in [0.2, 0.25) is 5.91 Å². The van der Waals surface area contributed by atoms with E-state index in [0.717, 1.165) is 0 Å². The Hall–Kier alpha value is -2.42. The smallest absolute Gasteiger partial charge is 0.387 e. The van der Waals surface area contributed by atoms with Crippen molar-refractivity contribution < 1.29 is 23.1 Å². The number of carbonyl (C=O) groups is 2. The van der Waals surface area contributed by atoms with Gasteiger partial charge in [0.05, 0.1) is 6.54 Å². The van der Waals surface area contributed by atoms with Crippen LogP contribution in [-0.4, -0.2) is 67.6 Å². The molecule has 0 aromatic heterocycles. The number of hydrogen-bond donors (Lipinski definition) is 2. The lowest BCUT2D eigenvalue weighted by Gasteiger charge is -2.34. The van der Waals surface area contributed by atoms with Crippen molar-refractivity contribution in [2.45, 2.75) is 13.5 Å². The zero-order chi connectivity index (χ0) is 18.2. The van der Waals surface area contributed by atoms with Crippen molar-refractivity contribution in [3.05, 3.63) is 24.3 Å². The molecule has 25 heavy (non-hydrogen) atoms. The van der Waals surface area contributed by atoms with Crippen molar-refractivity contribution >= 4 is 17.6 Å². The van der Waals surface area contributed by atoms with Crippen LogP contribution in [0.5, 0.6) is 5.75 Å². The van der Waals surface area contributed by atoms with E-state index >= 15 is 0 Å². The molecule has 1 saturated heterocycles. The van der Waals surface area contributed by atoms with Gasteiger partial charge in [-0.05, 0) is 31.2 Å². The molecule has 7 nitrogen and oxygen atoms in total. The molecule has 0 unspecified atom stereocenters. The number of nitrogens with zero attached hydrogens (tertiary/aromatic N) is 2. The van der Waals surface area contributed by atoms with E-state index in [1.165, 1.54) is 24.3 Å². The van der Waals surface area contributed by atoms with Crippen LogP contribution in [0.25, 0.3) is 0 Å². The van der Waals surface area contributed by atoms with Crippen molar-refractivity contribution in [3.63, 3.8) is 0 Å². The summed E-state index contributed by atoms with van der Waals surface area (Å²) in [5, 5.41) is 5.46. The lowest BCUT2D eigenvalue weighted by Crippen LogP contribution is -2.52. The number of carbonyl (C=O) groups excluding carboxylic acids is 2. The molecule has 138 valence electrons. The van der Waals surface area contributed by atoms with Crippen LogP contribution in [0.1, 0.15) is 6.92 Å². The Kier molecular flexibility index (Phi) is 6.93. The van der Waals surface area contributed by atoms with Gasteiger partial charge in [-0.15, -0.1) is 0 Å². The van der Waals surface area contributed by atoms with E-state index in [2.05, 4.69) is 15.4 Å². The summed E-state index contributed by atoms with van der Waals surface area (Å²) in [6.45, 7) is 2.17. The Balaban J connectivity index is 1.77. The fourth-order valence-corrected chi connectivity index (χ4v) is 2.49. The van der Waals surface area contributed by atoms with Gasteiger partial charge in [0.25, 0.3) is 0 Å². The van der Waals surface area contributed by atoms with E-state index in [4.69, 9.17) is 0 Å². The number of nitrogens with one attached hydrogen (secondary N) is 2. The maximum Gasteiger partial charge on any atom is 0.387 e. The third kappa shape index (κ3) is 6.18. The Morgan fingerprint density at radius 2 is 1.80 bits per heavy atom. The molecule has 1 aromatic carbocycles.